The van der Waals surface area contributed by atoms with Crippen LogP contribution in [0, 0.1) is 5.92 Å². The van der Waals surface area contributed by atoms with Gasteiger partial charge in [0.25, 0.3) is 0 Å². The van der Waals surface area contributed by atoms with Crippen LogP contribution in [0.3, 0.4) is 0 Å². The quantitative estimate of drug-likeness (QED) is 0.666. The van der Waals surface area contributed by atoms with Crippen molar-refractivity contribution in [1.82, 2.24) is 19.5 Å². The molecule has 8 nitrogen and oxygen atoms in total. The lowest BCUT2D eigenvalue weighted by Crippen LogP contribution is -2.46. The SMILES string of the molecule is CN(CC(=O)N[C@@H]1COC[C@H]1CS(=O)(=O)N(C)C)Cc1cccnc1. The van der Waals surface area contributed by atoms with Crippen molar-refractivity contribution < 1.29 is 17.9 Å². The number of likely N-dealkylation sites (N-methyl/N-ethyl adjacent to an activating group) is 1. The number of rotatable bonds is 8. The minimum absolute atomic E-state index is 0.0313. The van der Waals surface area contributed by atoms with E-state index in [-0.39, 0.29) is 30.2 Å². The van der Waals surface area contributed by atoms with Gasteiger partial charge >= 0.3 is 0 Å². The number of nitrogens with one attached hydrogen (secondary N) is 1. The van der Waals surface area contributed by atoms with Gasteiger partial charge < -0.3 is 10.1 Å². The van der Waals surface area contributed by atoms with Crippen molar-refractivity contribution in [3.8, 4) is 0 Å². The number of amides is 1. The number of nitrogens with zero attached hydrogens (tertiary/aromatic N) is 3. The van der Waals surface area contributed by atoms with Gasteiger partial charge in [0.2, 0.25) is 15.9 Å². The topological polar surface area (TPSA) is 91.8 Å². The molecule has 1 aromatic rings. The summed E-state index contributed by atoms with van der Waals surface area (Å²) in [5, 5.41) is 2.90. The largest absolute Gasteiger partial charge is 0.379 e. The molecule has 1 amide bonds. The summed E-state index contributed by atoms with van der Waals surface area (Å²) in [4.78, 5) is 18.2. The van der Waals surface area contributed by atoms with Gasteiger partial charge in [-0.15, -0.1) is 0 Å². The number of hydrogen-bond acceptors (Lipinski definition) is 6. The monoisotopic (exact) mass is 370 g/mol. The number of ether oxygens (including phenoxy) is 1. The maximum Gasteiger partial charge on any atom is 0.234 e. The highest BCUT2D eigenvalue weighted by Crippen LogP contribution is 2.17. The molecular weight excluding hydrogens is 344 g/mol. The summed E-state index contributed by atoms with van der Waals surface area (Å²) in [6.45, 7) is 1.51. The molecule has 2 heterocycles. The lowest BCUT2D eigenvalue weighted by Gasteiger charge is -2.22. The fourth-order valence-electron chi connectivity index (χ4n) is 2.70. The van der Waals surface area contributed by atoms with Crippen LogP contribution >= 0.6 is 0 Å². The molecule has 9 heteroatoms. The maximum absolute atomic E-state index is 12.3. The first-order valence-electron chi connectivity index (χ1n) is 8.12. The van der Waals surface area contributed by atoms with Gasteiger partial charge in [0.1, 0.15) is 0 Å². The second kappa shape index (κ2) is 8.70. The third-order valence-electron chi connectivity index (χ3n) is 4.11. The Morgan fingerprint density at radius 2 is 2.12 bits per heavy atom. The number of sulfonamides is 1. The lowest BCUT2D eigenvalue weighted by atomic mass is 10.1. The summed E-state index contributed by atoms with van der Waals surface area (Å²) < 4.78 is 30.7. The van der Waals surface area contributed by atoms with E-state index < -0.39 is 10.0 Å². The number of aromatic nitrogens is 1. The minimum atomic E-state index is -3.33. The van der Waals surface area contributed by atoms with Crippen LogP contribution < -0.4 is 5.32 Å². The van der Waals surface area contributed by atoms with Crippen LogP contribution in [-0.2, 0) is 26.1 Å². The zero-order valence-corrected chi connectivity index (χ0v) is 15.7. The van der Waals surface area contributed by atoms with Crippen LogP contribution in [0.15, 0.2) is 24.5 Å². The molecule has 0 spiro atoms. The standard InChI is InChI=1S/C16H26N4O4S/c1-19(2)25(22,23)12-14-10-24-11-15(14)18-16(21)9-20(3)8-13-5-4-6-17-7-13/h4-7,14-15H,8-12H2,1-3H3,(H,18,21)/t14-,15+/m0/s1. The van der Waals surface area contributed by atoms with Crippen LogP contribution in [0.1, 0.15) is 5.56 Å². The van der Waals surface area contributed by atoms with E-state index in [2.05, 4.69) is 10.3 Å². The molecule has 1 N–H and O–H groups in total. The molecule has 1 fully saturated rings. The predicted octanol–water partition coefficient (Wildman–Crippen LogP) is -0.464. The molecule has 0 radical (unpaired) electrons. The van der Waals surface area contributed by atoms with Gasteiger partial charge in [0, 0.05) is 39.0 Å². The average Bonchev–Trinajstić information content (AvgIpc) is 2.94. The van der Waals surface area contributed by atoms with E-state index in [1.54, 1.807) is 12.4 Å². The Balaban J connectivity index is 1.84. The second-order valence-corrected chi connectivity index (χ2v) is 8.79. The smallest absolute Gasteiger partial charge is 0.234 e. The highest BCUT2D eigenvalue weighted by molar-refractivity contribution is 7.89. The third kappa shape index (κ3) is 6.03. The first-order chi connectivity index (χ1) is 11.8. The molecular formula is C16H26N4O4S. The third-order valence-corrected chi connectivity index (χ3v) is 6.08. The van der Waals surface area contributed by atoms with Crippen LogP contribution in [0.25, 0.3) is 0 Å². The van der Waals surface area contributed by atoms with Gasteiger partial charge in [0.15, 0.2) is 0 Å². The summed E-state index contributed by atoms with van der Waals surface area (Å²) >= 11 is 0. The van der Waals surface area contributed by atoms with E-state index >= 15 is 0 Å². The second-order valence-electron chi connectivity index (χ2n) is 6.57. The molecule has 1 aliphatic rings. The van der Waals surface area contributed by atoms with Crippen LogP contribution in [-0.4, -0.2) is 81.2 Å². The van der Waals surface area contributed by atoms with E-state index in [0.717, 1.165) is 5.56 Å². The van der Waals surface area contributed by atoms with Gasteiger partial charge in [0.05, 0.1) is 31.6 Å². The number of hydrogen-bond donors (Lipinski definition) is 1. The Labute approximate surface area is 149 Å². The molecule has 1 aromatic heterocycles. The van der Waals surface area contributed by atoms with Crippen molar-refractivity contribution in [1.29, 1.82) is 0 Å². The molecule has 0 saturated carbocycles. The van der Waals surface area contributed by atoms with E-state index in [1.807, 2.05) is 24.1 Å². The number of pyridine rings is 1. The first kappa shape index (κ1) is 19.8. The lowest BCUT2D eigenvalue weighted by molar-refractivity contribution is -0.123. The van der Waals surface area contributed by atoms with Crippen LogP contribution in [0.2, 0.25) is 0 Å². The van der Waals surface area contributed by atoms with Gasteiger partial charge in [-0.25, -0.2) is 12.7 Å². The van der Waals surface area contributed by atoms with Crippen molar-refractivity contribution in [2.24, 2.45) is 5.92 Å². The molecule has 0 unspecified atom stereocenters. The molecule has 0 aliphatic carbocycles. The van der Waals surface area contributed by atoms with E-state index in [9.17, 15) is 13.2 Å². The zero-order valence-electron chi connectivity index (χ0n) is 14.9. The Hall–Kier alpha value is -1.55. The summed E-state index contributed by atoms with van der Waals surface area (Å²) in [5.41, 5.74) is 1.02. The number of carbonyl (C=O) groups excluding carboxylic acids is 1. The Bertz CT molecular complexity index is 666. The fraction of sp³-hybridized carbons (Fsp3) is 0.625. The summed E-state index contributed by atoms with van der Waals surface area (Å²) in [5.74, 6) is -0.412. The Morgan fingerprint density at radius 1 is 1.36 bits per heavy atom. The van der Waals surface area contributed by atoms with Crippen molar-refractivity contribution >= 4 is 15.9 Å². The molecule has 2 rings (SSSR count). The Kier molecular flexibility index (Phi) is 6.88. The van der Waals surface area contributed by atoms with E-state index in [1.165, 1.54) is 18.4 Å². The molecule has 140 valence electrons. The molecule has 2 atom stereocenters. The van der Waals surface area contributed by atoms with Crippen molar-refractivity contribution in [3.05, 3.63) is 30.1 Å². The highest BCUT2D eigenvalue weighted by Gasteiger charge is 2.34. The van der Waals surface area contributed by atoms with Crippen LogP contribution in [0.5, 0.6) is 0 Å². The van der Waals surface area contributed by atoms with E-state index in [4.69, 9.17) is 4.74 Å². The molecule has 1 aliphatic heterocycles. The van der Waals surface area contributed by atoms with Gasteiger partial charge in [-0.1, -0.05) is 6.07 Å². The average molecular weight is 370 g/mol. The summed E-state index contributed by atoms with van der Waals surface area (Å²) in [7, 11) is 1.54. The number of carbonyl (C=O) groups is 1. The van der Waals surface area contributed by atoms with Gasteiger partial charge in [-0.2, -0.15) is 0 Å². The van der Waals surface area contributed by atoms with Crippen molar-refractivity contribution in [2.45, 2.75) is 12.6 Å². The van der Waals surface area contributed by atoms with E-state index in [0.29, 0.717) is 19.8 Å². The Morgan fingerprint density at radius 3 is 2.76 bits per heavy atom. The molecule has 0 aromatic carbocycles. The van der Waals surface area contributed by atoms with Gasteiger partial charge in [-0.05, 0) is 18.7 Å². The predicted molar refractivity (Wildman–Crippen MR) is 94.3 cm³/mol. The first-order valence-corrected chi connectivity index (χ1v) is 9.73. The molecule has 25 heavy (non-hydrogen) atoms. The zero-order chi connectivity index (χ0) is 18.4. The van der Waals surface area contributed by atoms with Gasteiger partial charge in [-0.3, -0.25) is 14.7 Å². The highest BCUT2D eigenvalue weighted by atomic mass is 32.2. The van der Waals surface area contributed by atoms with Crippen LogP contribution in [0.4, 0.5) is 0 Å². The maximum atomic E-state index is 12.3. The summed E-state index contributed by atoms with van der Waals surface area (Å²) in [6, 6.07) is 3.53. The summed E-state index contributed by atoms with van der Waals surface area (Å²) in [6.07, 6.45) is 3.47. The molecule has 1 saturated heterocycles. The van der Waals surface area contributed by atoms with Crippen molar-refractivity contribution in [2.75, 3.05) is 46.7 Å². The van der Waals surface area contributed by atoms with Crippen molar-refractivity contribution in [3.63, 3.8) is 0 Å². The fourth-order valence-corrected chi connectivity index (χ4v) is 3.87. The normalized spacial score (nSPS) is 21.0. The minimum Gasteiger partial charge on any atom is -0.379 e. The molecule has 0 bridgehead atoms.